The first-order chi connectivity index (χ1) is 9.72. The average molecular weight is 277 g/mol. The Bertz CT molecular complexity index is 447. The monoisotopic (exact) mass is 277 g/mol. The molecule has 110 valence electrons. The summed E-state index contributed by atoms with van der Waals surface area (Å²) in [5.74, 6) is 0.0581. The van der Waals surface area contributed by atoms with E-state index in [1.807, 2.05) is 31.2 Å². The summed E-state index contributed by atoms with van der Waals surface area (Å²) in [6.07, 6.45) is 1.88. The molecule has 0 bridgehead atoms. The summed E-state index contributed by atoms with van der Waals surface area (Å²) in [5, 5.41) is 3.02. The van der Waals surface area contributed by atoms with Crippen molar-refractivity contribution < 1.29 is 14.3 Å². The van der Waals surface area contributed by atoms with Gasteiger partial charge in [-0.15, -0.1) is 0 Å². The molecule has 1 heterocycles. The first kappa shape index (κ1) is 15.0. The van der Waals surface area contributed by atoms with Gasteiger partial charge in [-0.3, -0.25) is 4.79 Å². The minimum absolute atomic E-state index is 0.0120. The van der Waals surface area contributed by atoms with E-state index < -0.39 is 0 Å². The molecule has 1 aromatic carbocycles. The van der Waals surface area contributed by atoms with Gasteiger partial charge in [-0.2, -0.15) is 0 Å². The van der Waals surface area contributed by atoms with Crippen molar-refractivity contribution in [2.24, 2.45) is 5.92 Å². The molecule has 2 rings (SSSR count). The lowest BCUT2D eigenvalue weighted by Crippen LogP contribution is -2.40. The summed E-state index contributed by atoms with van der Waals surface area (Å²) in [5.41, 5.74) is 2.22. The third kappa shape index (κ3) is 3.81. The van der Waals surface area contributed by atoms with E-state index in [2.05, 4.69) is 5.32 Å². The summed E-state index contributed by atoms with van der Waals surface area (Å²) in [7, 11) is 1.68. The minimum Gasteiger partial charge on any atom is -0.380 e. The van der Waals surface area contributed by atoms with Crippen molar-refractivity contribution >= 4 is 5.91 Å². The highest BCUT2D eigenvalue weighted by atomic mass is 16.5. The van der Waals surface area contributed by atoms with Crippen LogP contribution in [-0.4, -0.2) is 25.7 Å². The molecule has 4 heteroatoms. The highest BCUT2D eigenvalue weighted by Crippen LogP contribution is 2.20. The molecule has 1 aliphatic heterocycles. The summed E-state index contributed by atoms with van der Waals surface area (Å²) >= 11 is 0. The number of carbonyl (C=O) groups is 1. The molecule has 0 aliphatic carbocycles. The third-order valence-corrected chi connectivity index (χ3v) is 3.81. The molecule has 1 aromatic rings. The van der Waals surface area contributed by atoms with E-state index in [4.69, 9.17) is 9.47 Å². The zero-order valence-electron chi connectivity index (χ0n) is 12.2. The maximum Gasteiger partial charge on any atom is 0.225 e. The van der Waals surface area contributed by atoms with Crippen LogP contribution in [0, 0.1) is 5.92 Å². The van der Waals surface area contributed by atoms with Gasteiger partial charge in [0.05, 0.1) is 18.6 Å². The molecule has 1 aliphatic rings. The van der Waals surface area contributed by atoms with Crippen molar-refractivity contribution in [2.45, 2.75) is 39.0 Å². The van der Waals surface area contributed by atoms with E-state index in [9.17, 15) is 4.79 Å². The summed E-state index contributed by atoms with van der Waals surface area (Å²) in [4.78, 5) is 12.2. The van der Waals surface area contributed by atoms with Crippen molar-refractivity contribution in [1.29, 1.82) is 0 Å². The summed E-state index contributed by atoms with van der Waals surface area (Å²) in [6.45, 7) is 3.85. The maximum absolute atomic E-state index is 12.2. The number of ether oxygens (including phenoxy) is 2. The fourth-order valence-corrected chi connectivity index (χ4v) is 2.61. The Kier molecular flexibility index (Phi) is 5.56. The Hall–Kier alpha value is -1.39. The quantitative estimate of drug-likeness (QED) is 0.898. The van der Waals surface area contributed by atoms with Crippen molar-refractivity contribution in [1.82, 2.24) is 5.32 Å². The molecule has 1 amide bonds. The first-order valence-corrected chi connectivity index (χ1v) is 7.17. The Morgan fingerprint density at radius 1 is 1.40 bits per heavy atom. The molecule has 1 fully saturated rings. The zero-order chi connectivity index (χ0) is 14.4. The van der Waals surface area contributed by atoms with Crippen LogP contribution < -0.4 is 5.32 Å². The molecule has 2 atom stereocenters. The molecule has 0 spiro atoms. The van der Waals surface area contributed by atoms with Crippen LogP contribution in [0.3, 0.4) is 0 Å². The molecule has 0 aromatic heterocycles. The van der Waals surface area contributed by atoms with Gasteiger partial charge in [-0.1, -0.05) is 24.3 Å². The molecule has 20 heavy (non-hydrogen) atoms. The molecule has 0 radical (unpaired) electrons. The van der Waals surface area contributed by atoms with E-state index in [1.54, 1.807) is 7.11 Å². The number of benzene rings is 1. The second-order valence-electron chi connectivity index (χ2n) is 5.24. The van der Waals surface area contributed by atoms with Crippen molar-refractivity contribution in [3.8, 4) is 0 Å². The van der Waals surface area contributed by atoms with Gasteiger partial charge in [0.1, 0.15) is 0 Å². The van der Waals surface area contributed by atoms with E-state index in [0.717, 1.165) is 30.6 Å². The predicted molar refractivity (Wildman–Crippen MR) is 77.1 cm³/mol. The molecular formula is C16H23NO3. The van der Waals surface area contributed by atoms with Gasteiger partial charge >= 0.3 is 0 Å². The highest BCUT2D eigenvalue weighted by Gasteiger charge is 2.28. The number of nitrogens with one attached hydrogen (secondary N) is 1. The predicted octanol–water partition coefficient (Wildman–Crippen LogP) is 2.26. The number of rotatable bonds is 5. The van der Waals surface area contributed by atoms with Crippen molar-refractivity contribution in [2.75, 3.05) is 13.7 Å². The van der Waals surface area contributed by atoms with Crippen molar-refractivity contribution in [3.05, 3.63) is 35.4 Å². The SMILES string of the molecule is COCc1ccccc1CNC(=O)[C@H]1CCCO[C@H]1C. The van der Waals surface area contributed by atoms with Gasteiger partial charge in [-0.05, 0) is 30.9 Å². The van der Waals surface area contributed by atoms with Gasteiger partial charge < -0.3 is 14.8 Å². The van der Waals surface area contributed by atoms with Crippen LogP contribution in [-0.2, 0) is 27.4 Å². The first-order valence-electron chi connectivity index (χ1n) is 7.17. The van der Waals surface area contributed by atoms with E-state index in [1.165, 1.54) is 0 Å². The van der Waals surface area contributed by atoms with Crippen LogP contribution in [0.2, 0.25) is 0 Å². The fourth-order valence-electron chi connectivity index (χ4n) is 2.61. The number of amides is 1. The topological polar surface area (TPSA) is 47.6 Å². The Labute approximate surface area is 120 Å². The van der Waals surface area contributed by atoms with Crippen LogP contribution in [0.1, 0.15) is 30.9 Å². The Morgan fingerprint density at radius 3 is 2.85 bits per heavy atom. The van der Waals surface area contributed by atoms with Gasteiger partial charge in [0.2, 0.25) is 5.91 Å². The van der Waals surface area contributed by atoms with Gasteiger partial charge in [-0.25, -0.2) is 0 Å². The number of hydrogen-bond donors (Lipinski definition) is 1. The largest absolute Gasteiger partial charge is 0.380 e. The summed E-state index contributed by atoms with van der Waals surface area (Å²) in [6, 6.07) is 8.01. The van der Waals surface area contributed by atoms with Crippen LogP contribution >= 0.6 is 0 Å². The van der Waals surface area contributed by atoms with Gasteiger partial charge in [0, 0.05) is 20.3 Å². The van der Waals surface area contributed by atoms with Crippen LogP contribution in [0.15, 0.2) is 24.3 Å². The van der Waals surface area contributed by atoms with E-state index in [-0.39, 0.29) is 17.9 Å². The maximum atomic E-state index is 12.2. The molecule has 1 saturated heterocycles. The lowest BCUT2D eigenvalue weighted by atomic mass is 9.94. The van der Waals surface area contributed by atoms with Crippen molar-refractivity contribution in [3.63, 3.8) is 0 Å². The van der Waals surface area contributed by atoms with Crippen LogP contribution in [0.5, 0.6) is 0 Å². The molecule has 0 saturated carbocycles. The number of methoxy groups -OCH3 is 1. The highest BCUT2D eigenvalue weighted by molar-refractivity contribution is 5.79. The van der Waals surface area contributed by atoms with Crippen LogP contribution in [0.25, 0.3) is 0 Å². The standard InChI is InChI=1S/C16H23NO3/c1-12-15(8-5-9-20-12)16(18)17-10-13-6-3-4-7-14(13)11-19-2/h3-4,6-7,12,15H,5,8-11H2,1-2H3,(H,17,18)/t12-,15-/m0/s1. The lowest BCUT2D eigenvalue weighted by molar-refractivity contribution is -0.133. The molecule has 1 N–H and O–H groups in total. The zero-order valence-corrected chi connectivity index (χ0v) is 12.2. The Morgan fingerprint density at radius 2 is 2.15 bits per heavy atom. The molecule has 0 unspecified atom stereocenters. The second-order valence-corrected chi connectivity index (χ2v) is 5.24. The van der Waals surface area contributed by atoms with E-state index in [0.29, 0.717) is 13.2 Å². The minimum atomic E-state index is -0.0293. The molecular weight excluding hydrogens is 254 g/mol. The van der Waals surface area contributed by atoms with Gasteiger partial charge in [0.15, 0.2) is 0 Å². The smallest absolute Gasteiger partial charge is 0.225 e. The number of hydrogen-bond acceptors (Lipinski definition) is 3. The van der Waals surface area contributed by atoms with Gasteiger partial charge in [0.25, 0.3) is 0 Å². The Balaban J connectivity index is 1.92. The second kappa shape index (κ2) is 7.41. The van der Waals surface area contributed by atoms with E-state index >= 15 is 0 Å². The fraction of sp³-hybridized carbons (Fsp3) is 0.562. The number of carbonyl (C=O) groups excluding carboxylic acids is 1. The average Bonchev–Trinajstić information content (AvgIpc) is 2.47. The summed E-state index contributed by atoms with van der Waals surface area (Å²) < 4.78 is 10.7. The lowest BCUT2D eigenvalue weighted by Gasteiger charge is -2.28. The van der Waals surface area contributed by atoms with Crippen LogP contribution in [0.4, 0.5) is 0 Å². The molecule has 4 nitrogen and oxygen atoms in total. The third-order valence-electron chi connectivity index (χ3n) is 3.81. The normalized spacial score (nSPS) is 22.5.